The molecule has 2 aliphatic rings. The minimum absolute atomic E-state index is 0.0320. The smallest absolute Gasteiger partial charge is 0.289 e. The van der Waals surface area contributed by atoms with E-state index in [1.54, 1.807) is 18.9 Å². The number of carbonyl (C=O) groups is 3. The van der Waals surface area contributed by atoms with Gasteiger partial charge in [0.1, 0.15) is 5.76 Å². The van der Waals surface area contributed by atoms with Crippen molar-refractivity contribution >= 4 is 17.6 Å². The summed E-state index contributed by atoms with van der Waals surface area (Å²) in [5.41, 5.74) is 1.12. The third-order valence-electron chi connectivity index (χ3n) is 5.37. The highest BCUT2D eigenvalue weighted by Gasteiger charge is 2.38. The average Bonchev–Trinajstić information content (AvgIpc) is 2.88. The number of carbonyl (C=O) groups excluding carboxylic acids is 3. The number of fused-ring (bicyclic) bond motifs is 1. The van der Waals surface area contributed by atoms with Crippen molar-refractivity contribution in [2.75, 3.05) is 20.1 Å². The molecule has 0 aromatic carbocycles. The average molecular weight is 346 g/mol. The van der Waals surface area contributed by atoms with E-state index in [1.807, 2.05) is 13.8 Å². The van der Waals surface area contributed by atoms with Crippen molar-refractivity contribution in [2.24, 2.45) is 11.3 Å². The quantitative estimate of drug-likeness (QED) is 0.891. The second-order valence-electron chi connectivity index (χ2n) is 7.98. The fraction of sp³-hybridized carbons (Fsp3) is 0.632. The van der Waals surface area contributed by atoms with Crippen LogP contribution in [-0.4, -0.2) is 42.6 Å². The maximum absolute atomic E-state index is 12.9. The zero-order valence-electron chi connectivity index (χ0n) is 15.4. The van der Waals surface area contributed by atoms with Crippen molar-refractivity contribution in [1.29, 1.82) is 0 Å². The Kier molecular flexibility index (Phi) is 4.47. The highest BCUT2D eigenvalue weighted by atomic mass is 16.4. The molecule has 136 valence electrons. The molecule has 1 N–H and O–H groups in total. The van der Waals surface area contributed by atoms with Gasteiger partial charge in [-0.3, -0.25) is 14.4 Å². The lowest BCUT2D eigenvalue weighted by Gasteiger charge is -2.30. The van der Waals surface area contributed by atoms with Crippen LogP contribution < -0.4 is 5.32 Å². The zero-order valence-corrected chi connectivity index (χ0v) is 15.4. The van der Waals surface area contributed by atoms with Crippen LogP contribution in [0.3, 0.4) is 0 Å². The molecular weight excluding hydrogens is 320 g/mol. The summed E-state index contributed by atoms with van der Waals surface area (Å²) in [6.45, 7) is 6.93. The number of rotatable bonds is 2. The van der Waals surface area contributed by atoms with Crippen molar-refractivity contribution < 1.29 is 18.8 Å². The van der Waals surface area contributed by atoms with E-state index in [9.17, 15) is 14.4 Å². The van der Waals surface area contributed by atoms with Gasteiger partial charge in [0.2, 0.25) is 5.91 Å². The molecule has 2 amide bonds. The van der Waals surface area contributed by atoms with Crippen LogP contribution in [0.5, 0.6) is 0 Å². The first-order valence-corrected chi connectivity index (χ1v) is 8.90. The molecule has 1 fully saturated rings. The Hall–Kier alpha value is -2.11. The third kappa shape index (κ3) is 3.22. The van der Waals surface area contributed by atoms with Gasteiger partial charge in [0.25, 0.3) is 5.91 Å². The number of Topliss-reactive ketones (excluding diaryl/α,β-unsaturated/α-hetero) is 1. The number of likely N-dealkylation sites (tertiary alicyclic amines) is 1. The number of nitrogens with one attached hydrogen (secondary N) is 1. The Bertz CT molecular complexity index is 724. The predicted molar refractivity (Wildman–Crippen MR) is 92.6 cm³/mol. The van der Waals surface area contributed by atoms with Gasteiger partial charge in [-0.25, -0.2) is 0 Å². The van der Waals surface area contributed by atoms with Gasteiger partial charge < -0.3 is 14.6 Å². The largest absolute Gasteiger partial charge is 0.455 e. The Balaban J connectivity index is 1.79. The molecule has 0 bridgehead atoms. The van der Waals surface area contributed by atoms with Crippen molar-refractivity contribution in [2.45, 2.75) is 46.5 Å². The number of hydrogen-bond donors (Lipinski definition) is 1. The number of nitrogens with zero attached hydrogens (tertiary/aromatic N) is 1. The van der Waals surface area contributed by atoms with Crippen LogP contribution in [0.15, 0.2) is 4.42 Å². The van der Waals surface area contributed by atoms with Crippen LogP contribution in [0, 0.1) is 18.3 Å². The fourth-order valence-corrected chi connectivity index (χ4v) is 3.98. The van der Waals surface area contributed by atoms with Crippen LogP contribution in [0.25, 0.3) is 0 Å². The Morgan fingerprint density at radius 3 is 2.44 bits per heavy atom. The van der Waals surface area contributed by atoms with Gasteiger partial charge in [-0.15, -0.1) is 0 Å². The van der Waals surface area contributed by atoms with Crippen LogP contribution in [0.4, 0.5) is 0 Å². The minimum atomic E-state index is -0.173. The normalized spacial score (nSPS) is 20.3. The SMILES string of the molecule is CNC(=O)C1CCN(C(=O)c2oc3c(c2C)C(=O)CC(C)(C)C3)CC1. The lowest BCUT2D eigenvalue weighted by molar-refractivity contribution is -0.125. The fourth-order valence-electron chi connectivity index (χ4n) is 3.98. The number of hydrogen-bond acceptors (Lipinski definition) is 4. The number of amides is 2. The van der Waals surface area contributed by atoms with E-state index >= 15 is 0 Å². The van der Waals surface area contributed by atoms with E-state index in [0.717, 1.165) is 0 Å². The summed E-state index contributed by atoms with van der Waals surface area (Å²) in [5, 5.41) is 2.67. The van der Waals surface area contributed by atoms with Crippen molar-refractivity contribution in [3.63, 3.8) is 0 Å². The van der Waals surface area contributed by atoms with E-state index < -0.39 is 0 Å². The highest BCUT2D eigenvalue weighted by Crippen LogP contribution is 2.38. The molecule has 3 rings (SSSR count). The predicted octanol–water partition coefficient (Wildman–Crippen LogP) is 2.34. The topological polar surface area (TPSA) is 79.6 Å². The monoisotopic (exact) mass is 346 g/mol. The van der Waals surface area contributed by atoms with Crippen LogP contribution in [0.1, 0.15) is 65.3 Å². The van der Waals surface area contributed by atoms with Gasteiger partial charge >= 0.3 is 0 Å². The minimum Gasteiger partial charge on any atom is -0.455 e. The molecule has 1 aromatic heterocycles. The first-order chi connectivity index (χ1) is 11.7. The van der Waals surface area contributed by atoms with Crippen LogP contribution >= 0.6 is 0 Å². The molecule has 1 aliphatic carbocycles. The molecule has 1 saturated heterocycles. The molecule has 1 aromatic rings. The Labute approximate surface area is 147 Å². The van der Waals surface area contributed by atoms with Gasteiger partial charge in [0.15, 0.2) is 11.5 Å². The Morgan fingerprint density at radius 1 is 1.20 bits per heavy atom. The summed E-state index contributed by atoms with van der Waals surface area (Å²) in [7, 11) is 1.63. The molecule has 2 heterocycles. The van der Waals surface area contributed by atoms with Crippen molar-refractivity contribution in [3.8, 4) is 0 Å². The van der Waals surface area contributed by atoms with Gasteiger partial charge in [0, 0.05) is 44.5 Å². The standard InChI is InChI=1S/C19H26N2O4/c1-11-15-13(22)9-19(2,3)10-14(15)25-16(11)18(24)21-7-5-12(6-8-21)17(23)20-4/h12H,5-10H2,1-4H3,(H,20,23). The molecule has 0 atom stereocenters. The van der Waals surface area contributed by atoms with Crippen LogP contribution in [-0.2, 0) is 11.2 Å². The number of piperidine rings is 1. The van der Waals surface area contributed by atoms with Gasteiger partial charge in [-0.05, 0) is 25.2 Å². The molecule has 25 heavy (non-hydrogen) atoms. The number of furan rings is 1. The van der Waals surface area contributed by atoms with E-state index in [2.05, 4.69) is 5.32 Å². The molecule has 0 spiro atoms. The molecule has 6 heteroatoms. The summed E-state index contributed by atoms with van der Waals surface area (Å²) in [5.74, 6) is 0.807. The van der Waals surface area contributed by atoms with Gasteiger partial charge in [-0.1, -0.05) is 13.8 Å². The van der Waals surface area contributed by atoms with E-state index in [0.29, 0.717) is 55.7 Å². The van der Waals surface area contributed by atoms with Crippen molar-refractivity contribution in [1.82, 2.24) is 10.2 Å². The summed E-state index contributed by atoms with van der Waals surface area (Å²) in [4.78, 5) is 38.8. The molecule has 0 unspecified atom stereocenters. The van der Waals surface area contributed by atoms with Gasteiger partial charge in [0.05, 0.1) is 5.56 Å². The van der Waals surface area contributed by atoms with Gasteiger partial charge in [-0.2, -0.15) is 0 Å². The molecular formula is C19H26N2O4. The van der Waals surface area contributed by atoms with E-state index in [1.165, 1.54) is 0 Å². The molecule has 0 radical (unpaired) electrons. The highest BCUT2D eigenvalue weighted by molar-refractivity contribution is 6.03. The molecule has 0 saturated carbocycles. The lowest BCUT2D eigenvalue weighted by atomic mass is 9.76. The van der Waals surface area contributed by atoms with Crippen LogP contribution in [0.2, 0.25) is 0 Å². The molecule has 1 aliphatic heterocycles. The first-order valence-electron chi connectivity index (χ1n) is 8.90. The summed E-state index contributed by atoms with van der Waals surface area (Å²) in [6, 6.07) is 0. The molecule has 6 nitrogen and oxygen atoms in total. The summed E-state index contributed by atoms with van der Waals surface area (Å²) >= 11 is 0. The third-order valence-corrected chi connectivity index (χ3v) is 5.37. The van der Waals surface area contributed by atoms with E-state index in [-0.39, 0.29) is 34.7 Å². The summed E-state index contributed by atoms with van der Waals surface area (Å²) < 4.78 is 5.86. The maximum atomic E-state index is 12.9. The first kappa shape index (κ1) is 17.7. The maximum Gasteiger partial charge on any atom is 0.289 e. The van der Waals surface area contributed by atoms with Crippen molar-refractivity contribution in [3.05, 3.63) is 22.6 Å². The Morgan fingerprint density at radius 2 is 1.84 bits per heavy atom. The second-order valence-corrected chi connectivity index (χ2v) is 7.98. The summed E-state index contributed by atoms with van der Waals surface area (Å²) in [6.07, 6.45) is 2.44. The second kappa shape index (κ2) is 6.32. The zero-order chi connectivity index (χ0) is 18.4. The lowest BCUT2D eigenvalue weighted by Crippen LogP contribution is -2.42. The van der Waals surface area contributed by atoms with E-state index in [4.69, 9.17) is 4.42 Å². The number of ketones is 1.